The maximum atomic E-state index is 12.5. The average molecular weight is 359 g/mol. The number of hydrogen-bond acceptors (Lipinski definition) is 6. The highest BCUT2D eigenvalue weighted by molar-refractivity contribution is 5.93. The summed E-state index contributed by atoms with van der Waals surface area (Å²) in [7, 11) is 1.80. The Hall–Kier alpha value is -3.94. The molecule has 0 saturated carbocycles. The lowest BCUT2D eigenvalue weighted by atomic mass is 9.98. The molecule has 0 atom stereocenters. The third kappa shape index (κ3) is 2.93. The number of nitrogens with two attached hydrogens (primary N) is 1. The van der Waals surface area contributed by atoms with Crippen LogP contribution in [0.1, 0.15) is 0 Å². The highest BCUT2D eigenvalue weighted by Crippen LogP contribution is 2.40. The first-order valence-electron chi connectivity index (χ1n) is 8.30. The normalized spacial score (nSPS) is 10.7. The minimum absolute atomic E-state index is 0.278. The Labute approximate surface area is 154 Å². The molecule has 0 fully saturated rings. The maximum absolute atomic E-state index is 12.5. The molecule has 0 bridgehead atoms. The lowest BCUT2D eigenvalue weighted by Gasteiger charge is -2.25. The third-order valence-corrected chi connectivity index (χ3v) is 4.34. The molecule has 8 heteroatoms. The van der Waals surface area contributed by atoms with Crippen molar-refractivity contribution in [3.8, 4) is 22.5 Å². The van der Waals surface area contributed by atoms with E-state index in [1.807, 2.05) is 48.5 Å². The van der Waals surface area contributed by atoms with Gasteiger partial charge in [0.2, 0.25) is 5.82 Å². The zero-order valence-electron chi connectivity index (χ0n) is 14.5. The summed E-state index contributed by atoms with van der Waals surface area (Å²) in [6.07, 6.45) is 1.53. The molecule has 0 spiro atoms. The molecular weight excluding hydrogens is 342 g/mol. The van der Waals surface area contributed by atoms with Crippen molar-refractivity contribution < 1.29 is 0 Å². The fourth-order valence-corrected chi connectivity index (χ4v) is 3.16. The van der Waals surface area contributed by atoms with Gasteiger partial charge in [-0.15, -0.1) is 10.2 Å². The van der Waals surface area contributed by atoms with Gasteiger partial charge in [-0.05, 0) is 22.9 Å². The summed E-state index contributed by atoms with van der Waals surface area (Å²) in [5.41, 5.74) is 9.96. The van der Waals surface area contributed by atoms with Gasteiger partial charge in [0, 0.05) is 24.4 Å². The van der Waals surface area contributed by atoms with Gasteiger partial charge in [0.05, 0.1) is 11.4 Å². The van der Waals surface area contributed by atoms with Crippen LogP contribution in [0.5, 0.6) is 0 Å². The Balaban J connectivity index is 2.01. The van der Waals surface area contributed by atoms with Crippen LogP contribution in [-0.2, 0) is 0 Å². The van der Waals surface area contributed by atoms with Crippen LogP contribution in [0.2, 0.25) is 0 Å². The predicted molar refractivity (Wildman–Crippen MR) is 105 cm³/mol. The lowest BCUT2D eigenvalue weighted by molar-refractivity contribution is 0.881. The molecule has 0 unspecified atom stereocenters. The Bertz CT molecular complexity index is 1120. The van der Waals surface area contributed by atoms with E-state index < -0.39 is 0 Å². The lowest BCUT2D eigenvalue weighted by Crippen LogP contribution is -2.23. The second kappa shape index (κ2) is 6.75. The number of hydrogen-bond donors (Lipinski definition) is 3. The molecule has 0 aliphatic carbocycles. The number of nitrogens with zero attached hydrogens (tertiary/aromatic N) is 4. The Morgan fingerprint density at radius 1 is 0.963 bits per heavy atom. The molecule has 0 aliphatic rings. The molecule has 4 N–H and O–H groups in total. The van der Waals surface area contributed by atoms with Crippen LogP contribution in [0.25, 0.3) is 22.5 Å². The largest absolute Gasteiger partial charge is 0.397 e. The second-order valence-electron chi connectivity index (χ2n) is 5.97. The summed E-state index contributed by atoms with van der Waals surface area (Å²) in [6.45, 7) is 0. The average Bonchev–Trinajstić information content (AvgIpc) is 3.22. The zero-order valence-corrected chi connectivity index (χ0v) is 14.5. The highest BCUT2D eigenvalue weighted by Gasteiger charge is 2.21. The number of H-pyrrole nitrogens is 2. The fraction of sp³-hybridized carbons (Fsp3) is 0.0526. The van der Waals surface area contributed by atoms with Gasteiger partial charge in [-0.1, -0.05) is 42.5 Å². The molecule has 0 aliphatic heterocycles. The van der Waals surface area contributed by atoms with E-state index in [2.05, 4.69) is 25.6 Å². The van der Waals surface area contributed by atoms with Crippen molar-refractivity contribution in [1.82, 2.24) is 25.6 Å². The molecule has 4 aromatic rings. The second-order valence-corrected chi connectivity index (χ2v) is 5.97. The van der Waals surface area contributed by atoms with E-state index >= 15 is 0 Å². The Morgan fingerprint density at radius 2 is 1.74 bits per heavy atom. The first kappa shape index (κ1) is 16.5. The number of tetrazole rings is 1. The summed E-state index contributed by atoms with van der Waals surface area (Å²) in [5.74, 6) is 0.431. The van der Waals surface area contributed by atoms with E-state index in [9.17, 15) is 4.79 Å². The van der Waals surface area contributed by atoms with Crippen LogP contribution in [0.4, 0.5) is 17.1 Å². The minimum Gasteiger partial charge on any atom is -0.397 e. The molecule has 134 valence electrons. The van der Waals surface area contributed by atoms with E-state index in [0.717, 1.165) is 22.4 Å². The molecular formula is C19H17N7O. The van der Waals surface area contributed by atoms with Gasteiger partial charge >= 0.3 is 0 Å². The van der Waals surface area contributed by atoms with E-state index in [0.29, 0.717) is 17.2 Å². The van der Waals surface area contributed by atoms with Crippen molar-refractivity contribution >= 4 is 17.1 Å². The predicted octanol–water partition coefficient (Wildman–Crippen LogP) is 2.57. The van der Waals surface area contributed by atoms with Crippen molar-refractivity contribution in [1.29, 1.82) is 0 Å². The number of nitrogen functional groups attached to an aromatic ring is 1. The van der Waals surface area contributed by atoms with Crippen molar-refractivity contribution in [2.45, 2.75) is 0 Å². The molecule has 0 radical (unpaired) electrons. The number of aromatic amines is 2. The van der Waals surface area contributed by atoms with Crippen molar-refractivity contribution in [2.75, 3.05) is 17.7 Å². The SMILES string of the molecule is CN(c1c(-c2ccccc2)cccc1-c1nn[nH]n1)c1c(N)cc[nH]c1=O. The van der Waals surface area contributed by atoms with Gasteiger partial charge in [0.25, 0.3) is 5.56 Å². The van der Waals surface area contributed by atoms with Gasteiger partial charge in [0.1, 0.15) is 5.69 Å². The summed E-state index contributed by atoms with van der Waals surface area (Å²) in [6, 6.07) is 17.3. The molecule has 0 amide bonds. The highest BCUT2D eigenvalue weighted by atomic mass is 16.1. The number of nitrogens with one attached hydrogen (secondary N) is 2. The topological polar surface area (TPSA) is 117 Å². The first-order valence-corrected chi connectivity index (χ1v) is 8.30. The van der Waals surface area contributed by atoms with Crippen molar-refractivity contribution in [3.05, 3.63) is 71.1 Å². The molecule has 2 aromatic heterocycles. The Kier molecular flexibility index (Phi) is 4.13. The van der Waals surface area contributed by atoms with Crippen LogP contribution in [0, 0.1) is 0 Å². The van der Waals surface area contributed by atoms with Gasteiger partial charge in [-0.3, -0.25) is 4.79 Å². The van der Waals surface area contributed by atoms with Crippen LogP contribution in [-0.4, -0.2) is 32.7 Å². The van der Waals surface area contributed by atoms with Crippen LogP contribution in [0.3, 0.4) is 0 Å². The summed E-state index contributed by atoms with van der Waals surface area (Å²) < 4.78 is 0. The third-order valence-electron chi connectivity index (χ3n) is 4.34. The van der Waals surface area contributed by atoms with Gasteiger partial charge in [0.15, 0.2) is 0 Å². The minimum atomic E-state index is -0.278. The van der Waals surface area contributed by atoms with Crippen LogP contribution >= 0.6 is 0 Å². The smallest absolute Gasteiger partial charge is 0.273 e. The molecule has 2 heterocycles. The Morgan fingerprint density at radius 3 is 2.44 bits per heavy atom. The van der Waals surface area contributed by atoms with Crippen LogP contribution < -0.4 is 16.2 Å². The summed E-state index contributed by atoms with van der Waals surface area (Å²) in [4.78, 5) is 16.9. The molecule has 2 aromatic carbocycles. The molecule has 0 saturated heterocycles. The van der Waals surface area contributed by atoms with E-state index in [-0.39, 0.29) is 5.56 Å². The van der Waals surface area contributed by atoms with Crippen molar-refractivity contribution in [2.24, 2.45) is 0 Å². The van der Waals surface area contributed by atoms with Gasteiger partial charge < -0.3 is 15.6 Å². The molecule has 8 nitrogen and oxygen atoms in total. The van der Waals surface area contributed by atoms with E-state index in [4.69, 9.17) is 5.73 Å². The van der Waals surface area contributed by atoms with Crippen LogP contribution in [0.15, 0.2) is 65.6 Å². The molecule has 27 heavy (non-hydrogen) atoms. The van der Waals surface area contributed by atoms with Crippen molar-refractivity contribution in [3.63, 3.8) is 0 Å². The first-order chi connectivity index (χ1) is 13.2. The summed E-state index contributed by atoms with van der Waals surface area (Å²) >= 11 is 0. The maximum Gasteiger partial charge on any atom is 0.273 e. The van der Waals surface area contributed by atoms with Gasteiger partial charge in [-0.25, -0.2) is 0 Å². The molecule has 4 rings (SSSR count). The monoisotopic (exact) mass is 359 g/mol. The van der Waals surface area contributed by atoms with E-state index in [1.54, 1.807) is 18.0 Å². The number of rotatable bonds is 4. The number of aromatic nitrogens is 5. The quantitative estimate of drug-likeness (QED) is 0.516. The zero-order chi connectivity index (χ0) is 18.8. The van der Waals surface area contributed by atoms with Gasteiger partial charge in [-0.2, -0.15) is 5.21 Å². The fourth-order valence-electron chi connectivity index (χ4n) is 3.16. The number of anilines is 3. The number of pyridine rings is 1. The summed E-state index contributed by atoms with van der Waals surface area (Å²) in [5, 5.41) is 14.4. The number of para-hydroxylation sites is 1. The standard InChI is InChI=1S/C19H17N7O/c1-26(17-15(20)10-11-21-19(17)27)16-13(12-6-3-2-4-7-12)8-5-9-14(16)18-22-24-25-23-18/h2-11H,1H3,(H3,20,21,27)(H,22,23,24,25). The van der Waals surface area contributed by atoms with E-state index in [1.165, 1.54) is 6.20 Å². The number of benzene rings is 2.